The van der Waals surface area contributed by atoms with Crippen LogP contribution in [0.1, 0.15) is 0 Å². The second kappa shape index (κ2) is 2.98. The summed E-state index contributed by atoms with van der Waals surface area (Å²) in [6, 6.07) is 0. The first-order chi connectivity index (χ1) is 2.81. The third kappa shape index (κ3) is 2.04. The predicted molar refractivity (Wildman–Crippen MR) is 23.3 cm³/mol. The average Bonchev–Trinajstić information content (AvgIpc) is 1.65. The third-order valence-corrected chi connectivity index (χ3v) is 0.882. The van der Waals surface area contributed by atoms with Crippen LogP contribution in [-0.4, -0.2) is 25.8 Å². The zero-order valence-corrected chi connectivity index (χ0v) is 4.93. The summed E-state index contributed by atoms with van der Waals surface area (Å²) >= 11 is 0. The molecule has 0 spiro atoms. The molecule has 0 saturated heterocycles. The Hall–Kier alpha value is -0.226. The Kier molecular flexibility index (Phi) is 2.87. The molecule has 0 aliphatic rings. The van der Waals surface area contributed by atoms with Gasteiger partial charge in [-0.1, -0.05) is 0 Å². The van der Waals surface area contributed by atoms with Crippen molar-refractivity contribution in [3.05, 3.63) is 11.6 Å². The van der Waals surface area contributed by atoms with E-state index < -0.39 is 0 Å². The van der Waals surface area contributed by atoms with E-state index in [0.717, 1.165) is 6.26 Å². The number of hydrogen-bond donors (Lipinski definition) is 1. The molecule has 1 N–H and O–H groups in total. The molecule has 0 atom stereocenters. The highest BCUT2D eigenvalue weighted by Gasteiger charge is 1.75. The molecule has 0 unspecified atom stereocenters. The minimum absolute atomic E-state index is 0.242. The number of hydrogen-bond acceptors (Lipinski definition) is 2. The smallest absolute Gasteiger partial charge is 0.340 e. The van der Waals surface area contributed by atoms with Gasteiger partial charge in [-0.25, -0.2) is 0 Å². The molecule has 30 valence electrons. The lowest BCUT2D eigenvalue weighted by Crippen LogP contribution is -1.83. The summed E-state index contributed by atoms with van der Waals surface area (Å²) in [4.78, 5) is 0. The van der Waals surface area contributed by atoms with Crippen LogP contribution in [0.2, 0.25) is 0 Å². The second-order valence-corrected chi connectivity index (χ2v) is 1.29. The minimum atomic E-state index is 0.242. The Morgan fingerprint density at radius 1 is 1.83 bits per heavy atom. The molecule has 0 aromatic rings. The molecule has 0 bridgehead atoms. The molecule has 6 heavy (non-hydrogen) atoms. The lowest BCUT2D eigenvalue weighted by Gasteiger charge is -1.90. The van der Waals surface area contributed by atoms with E-state index in [1.165, 1.54) is 0 Å². The van der Waals surface area contributed by atoms with Crippen molar-refractivity contribution >= 4 is 20.7 Å². The van der Waals surface area contributed by atoms with Crippen LogP contribution in [0.4, 0.5) is 0 Å². The summed E-state index contributed by atoms with van der Waals surface area (Å²) in [6.07, 6.45) is 0.782. The molecule has 0 aliphatic heterocycles. The van der Waals surface area contributed by atoms with E-state index in [-0.39, 0.29) is 5.38 Å². The van der Waals surface area contributed by atoms with Crippen molar-refractivity contribution in [2.24, 2.45) is 0 Å². The van der Waals surface area contributed by atoms with Crippen molar-refractivity contribution in [1.82, 2.24) is 0 Å². The highest BCUT2D eigenvalue weighted by Crippen LogP contribution is 1.78. The molecular weight excluding hydrogens is 112 g/mol. The van der Waals surface area contributed by atoms with Crippen molar-refractivity contribution < 1.29 is 9.53 Å². The lowest BCUT2D eigenvalue weighted by atomic mass is 11.1. The van der Waals surface area contributed by atoms with E-state index >= 15 is 0 Å². The van der Waals surface area contributed by atoms with E-state index in [1.54, 1.807) is 0 Å². The number of rotatable bonds is 1. The Balaban J connectivity index is 3.22. The quantitative estimate of drug-likeness (QED) is 0.372. The maximum atomic E-state index is 7.97. The Morgan fingerprint density at radius 2 is 2.33 bits per heavy atom. The first kappa shape index (κ1) is 5.77. The molecule has 6 radical (unpaired) electrons. The summed E-state index contributed by atoms with van der Waals surface area (Å²) in [5.74, 6) is 0. The van der Waals surface area contributed by atoms with Gasteiger partial charge in [0.05, 0.1) is 5.38 Å². The van der Waals surface area contributed by atoms with E-state index in [2.05, 4.69) is 25.2 Å². The normalized spacial score (nSPS) is 11.3. The van der Waals surface area contributed by atoms with Crippen LogP contribution in [-0.2, 0) is 4.43 Å². The third-order valence-electron chi connectivity index (χ3n) is 0.227. The summed E-state index contributed by atoms with van der Waals surface area (Å²) in [7, 11) is 5.50. The molecule has 0 amide bonds. The van der Waals surface area contributed by atoms with Crippen molar-refractivity contribution in [2.75, 3.05) is 0 Å². The Morgan fingerprint density at radius 3 is 2.33 bits per heavy atom. The monoisotopic (exact) mass is 114 g/mol. The molecule has 0 aromatic carbocycles. The van der Waals surface area contributed by atoms with E-state index in [4.69, 9.17) is 5.11 Å². The molecule has 0 aromatic heterocycles. The van der Waals surface area contributed by atoms with Crippen LogP contribution in [0.25, 0.3) is 0 Å². The second-order valence-electron chi connectivity index (χ2n) is 0.595. The van der Waals surface area contributed by atoms with Crippen LogP contribution in [0.5, 0.6) is 0 Å². The summed E-state index contributed by atoms with van der Waals surface area (Å²) < 4.78 is 4.23. The van der Waals surface area contributed by atoms with Gasteiger partial charge in [-0.3, -0.25) is 0 Å². The Labute approximate surface area is 42.8 Å². The molecule has 0 saturated carbocycles. The van der Waals surface area contributed by atoms with Gasteiger partial charge in [-0.2, -0.15) is 0 Å². The number of aliphatic hydroxyl groups excluding tert-OH is 1. The highest BCUT2D eigenvalue weighted by molar-refractivity contribution is 6.22. The van der Waals surface area contributed by atoms with Gasteiger partial charge in [0.25, 0.3) is 0 Å². The van der Waals surface area contributed by atoms with Crippen LogP contribution in [0.3, 0.4) is 0 Å². The van der Waals surface area contributed by atoms with E-state index in [9.17, 15) is 0 Å². The first-order valence-electron chi connectivity index (χ1n) is 1.21. The molecule has 0 fully saturated rings. The maximum Gasteiger partial charge on any atom is 0.340 e. The lowest BCUT2D eigenvalue weighted by molar-refractivity contribution is 0.420. The zero-order chi connectivity index (χ0) is 4.99. The standard InChI is InChI=1S/C2H2O2Si2/c3-1-2(5)4-6/h1,3H/b2-1-. The van der Waals surface area contributed by atoms with Gasteiger partial charge in [0.1, 0.15) is 16.5 Å². The first-order valence-corrected chi connectivity index (χ1v) is 2.11. The minimum Gasteiger partial charge on any atom is -0.545 e. The van der Waals surface area contributed by atoms with Crippen molar-refractivity contribution in [1.29, 1.82) is 0 Å². The fourth-order valence-electron chi connectivity index (χ4n) is 0.0264. The van der Waals surface area contributed by atoms with Gasteiger partial charge in [-0.15, -0.1) is 0 Å². The summed E-state index contributed by atoms with van der Waals surface area (Å²) in [6.45, 7) is 0. The van der Waals surface area contributed by atoms with Crippen molar-refractivity contribution in [3.63, 3.8) is 0 Å². The topological polar surface area (TPSA) is 29.5 Å². The van der Waals surface area contributed by atoms with Gasteiger partial charge in [0, 0.05) is 0 Å². The largest absolute Gasteiger partial charge is 0.545 e. The molecule has 0 heterocycles. The van der Waals surface area contributed by atoms with Crippen LogP contribution < -0.4 is 0 Å². The summed E-state index contributed by atoms with van der Waals surface area (Å²) in [5.41, 5.74) is 0. The molecule has 2 nitrogen and oxygen atoms in total. The summed E-state index contributed by atoms with van der Waals surface area (Å²) in [5, 5.41) is 8.21. The average molecular weight is 114 g/mol. The van der Waals surface area contributed by atoms with Crippen LogP contribution >= 0.6 is 0 Å². The Bertz CT molecular complexity index is 60.6. The SMILES string of the molecule is O/C=C(\[Si])O[Si]. The molecule has 0 rings (SSSR count). The zero-order valence-electron chi connectivity index (χ0n) is 2.93. The number of aliphatic hydroxyl groups is 1. The van der Waals surface area contributed by atoms with Gasteiger partial charge in [-0.05, 0) is 0 Å². The van der Waals surface area contributed by atoms with Gasteiger partial charge in [0.2, 0.25) is 0 Å². The molecule has 0 aliphatic carbocycles. The van der Waals surface area contributed by atoms with Crippen molar-refractivity contribution in [3.8, 4) is 0 Å². The molecular formula is C2H2O2Si2. The fraction of sp³-hybridized carbons (Fsp3) is 0. The molecule has 4 heteroatoms. The van der Waals surface area contributed by atoms with E-state index in [0.29, 0.717) is 0 Å². The van der Waals surface area contributed by atoms with Crippen LogP contribution in [0, 0.1) is 0 Å². The van der Waals surface area contributed by atoms with Crippen LogP contribution in [0.15, 0.2) is 11.6 Å². The predicted octanol–water partition coefficient (Wildman–Crippen LogP) is -0.388. The van der Waals surface area contributed by atoms with Gasteiger partial charge >= 0.3 is 10.5 Å². The van der Waals surface area contributed by atoms with Gasteiger partial charge in [0.15, 0.2) is 0 Å². The maximum absolute atomic E-state index is 7.97. The van der Waals surface area contributed by atoms with E-state index in [1.807, 2.05) is 0 Å². The fourth-order valence-corrected chi connectivity index (χ4v) is 0.0791. The highest BCUT2D eigenvalue weighted by atomic mass is 28.2. The van der Waals surface area contributed by atoms with Gasteiger partial charge < -0.3 is 9.53 Å². The van der Waals surface area contributed by atoms with Crippen molar-refractivity contribution in [2.45, 2.75) is 0 Å².